The van der Waals surface area contributed by atoms with Crippen LogP contribution < -0.4 is 4.74 Å². The first-order valence-corrected chi connectivity index (χ1v) is 8.27. The number of carbonyl (C=O) groups is 1. The molecule has 2 rings (SSSR count). The Morgan fingerprint density at radius 2 is 2.08 bits per heavy atom. The molecule has 1 aliphatic heterocycles. The van der Waals surface area contributed by atoms with Crippen LogP contribution >= 0.6 is 11.6 Å². The molecule has 0 bridgehead atoms. The van der Waals surface area contributed by atoms with E-state index in [9.17, 15) is 4.79 Å². The molecular formula is C18H24ClNO4. The molecule has 0 aliphatic carbocycles. The van der Waals surface area contributed by atoms with Crippen molar-refractivity contribution < 1.29 is 19.0 Å². The molecular weight excluding hydrogens is 330 g/mol. The average molecular weight is 354 g/mol. The van der Waals surface area contributed by atoms with Crippen LogP contribution in [-0.2, 0) is 9.47 Å². The van der Waals surface area contributed by atoms with Gasteiger partial charge in [-0.1, -0.05) is 29.8 Å². The molecule has 132 valence electrons. The van der Waals surface area contributed by atoms with Crippen LogP contribution in [0.25, 0.3) is 5.57 Å². The monoisotopic (exact) mass is 353 g/mol. The lowest BCUT2D eigenvalue weighted by molar-refractivity contribution is 0.0270. The molecule has 0 spiro atoms. The smallest absolute Gasteiger partial charge is 0.410 e. The first-order chi connectivity index (χ1) is 11.3. The SMILES string of the molecule is COCOc1c(Cl)cccc1C1=CCN(C(=O)OC(C)(C)C)CC1. The van der Waals surface area contributed by atoms with E-state index in [-0.39, 0.29) is 12.9 Å². The van der Waals surface area contributed by atoms with Gasteiger partial charge in [0.15, 0.2) is 6.79 Å². The number of nitrogens with zero attached hydrogens (tertiary/aromatic N) is 1. The molecule has 0 fully saturated rings. The molecule has 0 aromatic heterocycles. The zero-order valence-electron chi connectivity index (χ0n) is 14.6. The molecule has 1 aromatic carbocycles. The second-order valence-corrected chi connectivity index (χ2v) is 6.98. The van der Waals surface area contributed by atoms with Gasteiger partial charge in [0, 0.05) is 25.8 Å². The normalized spacial score (nSPS) is 15.0. The van der Waals surface area contributed by atoms with E-state index in [1.165, 1.54) is 0 Å². The molecule has 0 saturated heterocycles. The van der Waals surface area contributed by atoms with Crippen LogP contribution in [0.5, 0.6) is 5.75 Å². The summed E-state index contributed by atoms with van der Waals surface area (Å²) < 4.78 is 16.0. The summed E-state index contributed by atoms with van der Waals surface area (Å²) in [6, 6.07) is 5.64. The fourth-order valence-corrected chi connectivity index (χ4v) is 2.66. The highest BCUT2D eigenvalue weighted by Gasteiger charge is 2.24. The van der Waals surface area contributed by atoms with Crippen molar-refractivity contribution in [1.82, 2.24) is 4.90 Å². The van der Waals surface area contributed by atoms with Crippen molar-refractivity contribution in [2.75, 3.05) is 27.0 Å². The predicted molar refractivity (Wildman–Crippen MR) is 94.4 cm³/mol. The van der Waals surface area contributed by atoms with Gasteiger partial charge >= 0.3 is 6.09 Å². The highest BCUT2D eigenvalue weighted by atomic mass is 35.5. The molecule has 0 radical (unpaired) electrons. The molecule has 0 unspecified atom stereocenters. The summed E-state index contributed by atoms with van der Waals surface area (Å²) in [7, 11) is 1.56. The largest absolute Gasteiger partial charge is 0.465 e. The van der Waals surface area contributed by atoms with Gasteiger partial charge in [-0.2, -0.15) is 0 Å². The Kier molecular flexibility index (Phi) is 6.13. The standard InChI is InChI=1S/C18H24ClNO4/c1-18(2,3)24-17(21)20-10-8-13(9-11-20)14-6-5-7-15(19)16(14)23-12-22-4/h5-8H,9-12H2,1-4H3. The fourth-order valence-electron chi connectivity index (χ4n) is 2.43. The van der Waals surface area contributed by atoms with Crippen molar-refractivity contribution in [2.45, 2.75) is 32.8 Å². The second kappa shape index (κ2) is 7.90. The quantitative estimate of drug-likeness (QED) is 0.755. The number of carbonyl (C=O) groups excluding carboxylic acids is 1. The second-order valence-electron chi connectivity index (χ2n) is 6.57. The van der Waals surface area contributed by atoms with Crippen molar-refractivity contribution in [3.8, 4) is 5.75 Å². The number of hydrogen-bond acceptors (Lipinski definition) is 4. The zero-order chi connectivity index (χ0) is 17.7. The fraction of sp³-hybridized carbons (Fsp3) is 0.500. The molecule has 1 aromatic rings. The van der Waals surface area contributed by atoms with E-state index in [0.717, 1.165) is 11.1 Å². The molecule has 1 aliphatic rings. The minimum Gasteiger partial charge on any atom is -0.465 e. The number of methoxy groups -OCH3 is 1. The van der Waals surface area contributed by atoms with Gasteiger partial charge in [-0.3, -0.25) is 0 Å². The van der Waals surface area contributed by atoms with Crippen molar-refractivity contribution in [3.63, 3.8) is 0 Å². The van der Waals surface area contributed by atoms with Crippen LogP contribution in [0, 0.1) is 0 Å². The van der Waals surface area contributed by atoms with Crippen LogP contribution in [0.2, 0.25) is 5.02 Å². The van der Waals surface area contributed by atoms with E-state index >= 15 is 0 Å². The van der Waals surface area contributed by atoms with Gasteiger partial charge in [0.25, 0.3) is 0 Å². The van der Waals surface area contributed by atoms with E-state index in [0.29, 0.717) is 30.3 Å². The molecule has 24 heavy (non-hydrogen) atoms. The Morgan fingerprint density at radius 1 is 1.33 bits per heavy atom. The first-order valence-electron chi connectivity index (χ1n) is 7.89. The summed E-state index contributed by atoms with van der Waals surface area (Å²) in [4.78, 5) is 13.8. The number of rotatable bonds is 4. The van der Waals surface area contributed by atoms with Crippen LogP contribution in [0.3, 0.4) is 0 Å². The van der Waals surface area contributed by atoms with E-state index in [1.807, 2.05) is 39.0 Å². The Morgan fingerprint density at radius 3 is 2.67 bits per heavy atom. The summed E-state index contributed by atoms with van der Waals surface area (Å²) in [5.41, 5.74) is 1.54. The summed E-state index contributed by atoms with van der Waals surface area (Å²) in [5, 5.41) is 0.542. The van der Waals surface area contributed by atoms with E-state index in [1.54, 1.807) is 18.1 Å². The summed E-state index contributed by atoms with van der Waals surface area (Å²) >= 11 is 6.24. The summed E-state index contributed by atoms with van der Waals surface area (Å²) in [6.07, 6.45) is 2.43. The maximum absolute atomic E-state index is 12.1. The number of ether oxygens (including phenoxy) is 3. The van der Waals surface area contributed by atoms with Gasteiger partial charge in [0.05, 0.1) is 5.02 Å². The maximum atomic E-state index is 12.1. The zero-order valence-corrected chi connectivity index (χ0v) is 15.4. The van der Waals surface area contributed by atoms with E-state index < -0.39 is 5.60 Å². The van der Waals surface area contributed by atoms with Crippen molar-refractivity contribution in [1.29, 1.82) is 0 Å². The Hall–Kier alpha value is -1.72. The molecule has 0 N–H and O–H groups in total. The van der Waals surface area contributed by atoms with Gasteiger partial charge < -0.3 is 19.1 Å². The Labute approximate surface area is 148 Å². The third-order valence-corrected chi connectivity index (χ3v) is 3.79. The van der Waals surface area contributed by atoms with Gasteiger partial charge in [0.2, 0.25) is 0 Å². The van der Waals surface area contributed by atoms with Gasteiger partial charge in [0.1, 0.15) is 11.4 Å². The molecule has 1 heterocycles. The minimum absolute atomic E-state index is 0.133. The number of amides is 1. The average Bonchev–Trinajstić information content (AvgIpc) is 2.52. The molecule has 6 heteroatoms. The first kappa shape index (κ1) is 18.6. The predicted octanol–water partition coefficient (Wildman–Crippen LogP) is 4.35. The summed E-state index contributed by atoms with van der Waals surface area (Å²) in [5.74, 6) is 0.609. The lowest BCUT2D eigenvalue weighted by Gasteiger charge is -2.30. The summed E-state index contributed by atoms with van der Waals surface area (Å²) in [6.45, 7) is 6.82. The number of benzene rings is 1. The van der Waals surface area contributed by atoms with Gasteiger partial charge in [-0.25, -0.2) is 4.79 Å². The van der Waals surface area contributed by atoms with Gasteiger partial charge in [-0.05, 0) is 38.8 Å². The van der Waals surface area contributed by atoms with Crippen molar-refractivity contribution in [2.24, 2.45) is 0 Å². The van der Waals surface area contributed by atoms with Crippen LogP contribution in [0.1, 0.15) is 32.8 Å². The molecule has 5 nitrogen and oxygen atoms in total. The van der Waals surface area contributed by atoms with Crippen LogP contribution in [0.4, 0.5) is 4.79 Å². The van der Waals surface area contributed by atoms with Crippen molar-refractivity contribution in [3.05, 3.63) is 34.9 Å². The van der Waals surface area contributed by atoms with Crippen molar-refractivity contribution >= 4 is 23.3 Å². The van der Waals surface area contributed by atoms with Crippen LogP contribution in [0.15, 0.2) is 24.3 Å². The maximum Gasteiger partial charge on any atom is 0.410 e. The lowest BCUT2D eigenvalue weighted by atomic mass is 9.98. The van der Waals surface area contributed by atoms with E-state index in [2.05, 4.69) is 0 Å². The highest BCUT2D eigenvalue weighted by molar-refractivity contribution is 6.32. The topological polar surface area (TPSA) is 48.0 Å². The number of para-hydroxylation sites is 1. The minimum atomic E-state index is -0.491. The Bertz CT molecular complexity index is 622. The Balaban J connectivity index is 2.13. The molecule has 0 atom stereocenters. The highest BCUT2D eigenvalue weighted by Crippen LogP contribution is 2.36. The van der Waals surface area contributed by atoms with Gasteiger partial charge in [-0.15, -0.1) is 0 Å². The molecule has 0 saturated carbocycles. The number of hydrogen-bond donors (Lipinski definition) is 0. The third kappa shape index (κ3) is 4.89. The number of halogens is 1. The molecule has 1 amide bonds. The van der Waals surface area contributed by atoms with Crippen LogP contribution in [-0.4, -0.2) is 43.6 Å². The lowest BCUT2D eigenvalue weighted by Crippen LogP contribution is -2.39. The van der Waals surface area contributed by atoms with E-state index in [4.69, 9.17) is 25.8 Å². The third-order valence-electron chi connectivity index (χ3n) is 3.49.